The zero-order valence-corrected chi connectivity index (χ0v) is 15.5. The Morgan fingerprint density at radius 1 is 1.15 bits per heavy atom. The molecule has 1 aromatic carbocycles. The molecule has 2 aromatic rings. The molecule has 3 heterocycles. The topological polar surface area (TPSA) is 53.5 Å². The van der Waals surface area contributed by atoms with Gasteiger partial charge in [-0.15, -0.1) is 0 Å². The van der Waals surface area contributed by atoms with Crippen molar-refractivity contribution in [1.82, 2.24) is 14.9 Å². The van der Waals surface area contributed by atoms with Gasteiger partial charge in [0.1, 0.15) is 5.82 Å². The Balaban J connectivity index is 1.34. The molecule has 1 atom stereocenters. The largest absolute Gasteiger partial charge is 0.378 e. The predicted molar refractivity (Wildman–Crippen MR) is 104 cm³/mol. The molecule has 0 radical (unpaired) electrons. The second-order valence-corrected chi connectivity index (χ2v) is 7.20. The minimum absolute atomic E-state index is 0.393. The second-order valence-electron chi connectivity index (χ2n) is 6.80. The lowest BCUT2D eigenvalue weighted by molar-refractivity contribution is 0.122. The van der Waals surface area contributed by atoms with Gasteiger partial charge in [-0.05, 0) is 24.1 Å². The van der Waals surface area contributed by atoms with E-state index >= 15 is 0 Å². The van der Waals surface area contributed by atoms with Crippen LogP contribution >= 0.6 is 11.6 Å². The van der Waals surface area contributed by atoms with Crippen LogP contribution in [0.2, 0.25) is 5.02 Å². The Hall–Kier alpha value is -1.89. The number of nitrogens with one attached hydrogen (secondary N) is 1. The van der Waals surface area contributed by atoms with Gasteiger partial charge in [-0.3, -0.25) is 4.90 Å². The standard InChI is InChI=1S/C19H24ClN5O/c20-17-4-2-1-3-15(17)13-24-8-6-16(14-24)22-18-5-7-21-19(23-18)25-9-11-26-12-10-25/h1-5,7,16H,6,8-14H2,(H,21,22,23). The number of anilines is 2. The first-order valence-corrected chi connectivity index (χ1v) is 9.54. The molecule has 1 unspecified atom stereocenters. The van der Waals surface area contributed by atoms with Crippen molar-refractivity contribution in [2.24, 2.45) is 0 Å². The van der Waals surface area contributed by atoms with E-state index < -0.39 is 0 Å². The number of rotatable bonds is 5. The summed E-state index contributed by atoms with van der Waals surface area (Å²) >= 11 is 6.29. The van der Waals surface area contributed by atoms with Crippen LogP contribution in [-0.4, -0.2) is 60.3 Å². The first-order chi connectivity index (χ1) is 12.8. The van der Waals surface area contributed by atoms with Crippen molar-refractivity contribution in [2.45, 2.75) is 19.0 Å². The van der Waals surface area contributed by atoms with Gasteiger partial charge in [0.2, 0.25) is 5.95 Å². The number of benzene rings is 1. The van der Waals surface area contributed by atoms with Crippen LogP contribution in [0.5, 0.6) is 0 Å². The SMILES string of the molecule is Clc1ccccc1CN1CCC(Nc2ccnc(N3CCOCC3)n2)C1. The Morgan fingerprint density at radius 3 is 2.85 bits per heavy atom. The minimum Gasteiger partial charge on any atom is -0.378 e. The quantitative estimate of drug-likeness (QED) is 0.869. The van der Waals surface area contributed by atoms with E-state index in [1.165, 1.54) is 5.56 Å². The Morgan fingerprint density at radius 2 is 2.00 bits per heavy atom. The van der Waals surface area contributed by atoms with E-state index in [4.69, 9.17) is 21.3 Å². The molecule has 2 aliphatic heterocycles. The number of hydrogen-bond donors (Lipinski definition) is 1. The minimum atomic E-state index is 0.393. The number of morpholine rings is 1. The lowest BCUT2D eigenvalue weighted by Gasteiger charge is -2.27. The fourth-order valence-corrected chi connectivity index (χ4v) is 3.71. The summed E-state index contributed by atoms with van der Waals surface area (Å²) in [6.45, 7) is 6.10. The number of hydrogen-bond acceptors (Lipinski definition) is 6. The monoisotopic (exact) mass is 373 g/mol. The lowest BCUT2D eigenvalue weighted by Crippen LogP contribution is -2.37. The molecule has 0 spiro atoms. The molecular weight excluding hydrogens is 350 g/mol. The first-order valence-electron chi connectivity index (χ1n) is 9.16. The van der Waals surface area contributed by atoms with Crippen molar-refractivity contribution in [3.05, 3.63) is 47.1 Å². The molecule has 2 fully saturated rings. The number of likely N-dealkylation sites (tertiary alicyclic amines) is 1. The number of nitrogens with zero attached hydrogens (tertiary/aromatic N) is 4. The molecule has 0 bridgehead atoms. The molecule has 2 aliphatic rings. The molecule has 7 heteroatoms. The Labute approximate surface area is 159 Å². The van der Waals surface area contributed by atoms with Gasteiger partial charge in [0.15, 0.2) is 0 Å². The maximum atomic E-state index is 6.29. The summed E-state index contributed by atoms with van der Waals surface area (Å²) in [5, 5.41) is 4.41. The summed E-state index contributed by atoms with van der Waals surface area (Å²) in [7, 11) is 0. The van der Waals surface area contributed by atoms with Crippen LogP contribution in [-0.2, 0) is 11.3 Å². The molecule has 0 amide bonds. The van der Waals surface area contributed by atoms with E-state index in [1.54, 1.807) is 0 Å². The fraction of sp³-hybridized carbons (Fsp3) is 0.474. The van der Waals surface area contributed by atoms with Crippen molar-refractivity contribution >= 4 is 23.4 Å². The van der Waals surface area contributed by atoms with Crippen LogP contribution in [0, 0.1) is 0 Å². The number of ether oxygens (including phenoxy) is 1. The molecule has 26 heavy (non-hydrogen) atoms. The van der Waals surface area contributed by atoms with Gasteiger partial charge in [-0.2, -0.15) is 4.98 Å². The van der Waals surface area contributed by atoms with Crippen molar-refractivity contribution in [3.63, 3.8) is 0 Å². The highest BCUT2D eigenvalue weighted by atomic mass is 35.5. The number of aromatic nitrogens is 2. The van der Waals surface area contributed by atoms with E-state index in [0.29, 0.717) is 6.04 Å². The van der Waals surface area contributed by atoms with E-state index in [-0.39, 0.29) is 0 Å². The summed E-state index contributed by atoms with van der Waals surface area (Å²) in [5.41, 5.74) is 1.19. The molecule has 0 aliphatic carbocycles. The molecule has 6 nitrogen and oxygen atoms in total. The highest BCUT2D eigenvalue weighted by molar-refractivity contribution is 6.31. The third-order valence-electron chi connectivity index (χ3n) is 4.91. The van der Waals surface area contributed by atoms with Gasteiger partial charge in [0, 0.05) is 50.0 Å². The first kappa shape index (κ1) is 17.5. The normalized spacial score (nSPS) is 21.1. The Bertz CT molecular complexity index is 737. The van der Waals surface area contributed by atoms with Crippen molar-refractivity contribution in [3.8, 4) is 0 Å². The smallest absolute Gasteiger partial charge is 0.227 e. The van der Waals surface area contributed by atoms with Crippen molar-refractivity contribution in [2.75, 3.05) is 49.6 Å². The summed E-state index contributed by atoms with van der Waals surface area (Å²) in [6, 6.07) is 10.4. The van der Waals surface area contributed by atoms with E-state index in [0.717, 1.165) is 69.1 Å². The number of halogens is 1. The van der Waals surface area contributed by atoms with Gasteiger partial charge in [-0.1, -0.05) is 29.8 Å². The van der Waals surface area contributed by atoms with Crippen LogP contribution in [0.4, 0.5) is 11.8 Å². The van der Waals surface area contributed by atoms with Crippen molar-refractivity contribution < 1.29 is 4.74 Å². The van der Waals surface area contributed by atoms with Gasteiger partial charge < -0.3 is 15.0 Å². The third-order valence-corrected chi connectivity index (χ3v) is 5.28. The average Bonchev–Trinajstić information content (AvgIpc) is 3.11. The Kier molecular flexibility index (Phi) is 5.53. The van der Waals surface area contributed by atoms with E-state index in [2.05, 4.69) is 26.2 Å². The molecule has 2 saturated heterocycles. The average molecular weight is 374 g/mol. The molecular formula is C19H24ClN5O. The molecule has 0 saturated carbocycles. The van der Waals surface area contributed by atoms with Crippen molar-refractivity contribution in [1.29, 1.82) is 0 Å². The maximum absolute atomic E-state index is 6.29. The zero-order valence-electron chi connectivity index (χ0n) is 14.8. The van der Waals surface area contributed by atoms with Gasteiger partial charge in [0.25, 0.3) is 0 Å². The van der Waals surface area contributed by atoms with Gasteiger partial charge >= 0.3 is 0 Å². The van der Waals surface area contributed by atoms with Crippen LogP contribution < -0.4 is 10.2 Å². The molecule has 4 rings (SSSR count). The summed E-state index contributed by atoms with van der Waals surface area (Å²) in [4.78, 5) is 13.7. The lowest BCUT2D eigenvalue weighted by atomic mass is 10.2. The molecule has 1 aromatic heterocycles. The predicted octanol–water partition coefficient (Wildman–Crippen LogP) is 2.65. The van der Waals surface area contributed by atoms with Crippen LogP contribution in [0.3, 0.4) is 0 Å². The fourth-order valence-electron chi connectivity index (χ4n) is 3.52. The third kappa shape index (κ3) is 4.26. The van der Waals surface area contributed by atoms with Crippen LogP contribution in [0.15, 0.2) is 36.5 Å². The summed E-state index contributed by atoms with van der Waals surface area (Å²) in [6.07, 6.45) is 2.93. The second kappa shape index (κ2) is 8.20. The summed E-state index contributed by atoms with van der Waals surface area (Å²) < 4.78 is 5.40. The van der Waals surface area contributed by atoms with Crippen LogP contribution in [0.25, 0.3) is 0 Å². The van der Waals surface area contributed by atoms with Crippen LogP contribution in [0.1, 0.15) is 12.0 Å². The van der Waals surface area contributed by atoms with Gasteiger partial charge in [-0.25, -0.2) is 4.98 Å². The molecule has 1 N–H and O–H groups in total. The maximum Gasteiger partial charge on any atom is 0.227 e. The van der Waals surface area contributed by atoms with E-state index in [1.807, 2.05) is 30.5 Å². The summed E-state index contributed by atoms with van der Waals surface area (Å²) in [5.74, 6) is 1.68. The zero-order chi connectivity index (χ0) is 17.8. The van der Waals surface area contributed by atoms with E-state index in [9.17, 15) is 0 Å². The highest BCUT2D eigenvalue weighted by Gasteiger charge is 2.23. The molecule has 138 valence electrons. The van der Waals surface area contributed by atoms with Gasteiger partial charge in [0.05, 0.1) is 13.2 Å². The highest BCUT2D eigenvalue weighted by Crippen LogP contribution is 2.21.